The Morgan fingerprint density at radius 3 is 2.36 bits per heavy atom. The zero-order valence-corrected chi connectivity index (χ0v) is 15.4. The average molecular weight is 371 g/mol. The van der Waals surface area contributed by atoms with Crippen LogP contribution in [-0.2, 0) is 6.54 Å². The minimum absolute atomic E-state index is 0.0607. The number of fused-ring (bicyclic) bond motifs is 1. The van der Waals surface area contributed by atoms with Crippen molar-refractivity contribution in [3.63, 3.8) is 0 Å². The maximum atomic E-state index is 12.9. The molecule has 0 spiro atoms. The topological polar surface area (TPSA) is 23.6 Å². The van der Waals surface area contributed by atoms with Gasteiger partial charge in [0.05, 0.1) is 5.02 Å². The molecule has 0 unspecified atom stereocenters. The molecule has 0 aliphatic carbocycles. The zero-order chi connectivity index (χ0) is 17.2. The molecule has 1 amide bonds. The van der Waals surface area contributed by atoms with E-state index in [1.807, 2.05) is 35.2 Å². The highest BCUT2D eigenvalue weighted by Gasteiger charge is 2.25. The summed E-state index contributed by atoms with van der Waals surface area (Å²) in [6.45, 7) is 4.21. The highest BCUT2D eigenvalue weighted by Crippen LogP contribution is 2.36. The van der Waals surface area contributed by atoms with Crippen LogP contribution in [0.3, 0.4) is 0 Å². The third-order valence-electron chi connectivity index (χ3n) is 4.64. The second kappa shape index (κ2) is 7.16. The van der Waals surface area contributed by atoms with Gasteiger partial charge in [0.1, 0.15) is 4.88 Å². The molecule has 2 heterocycles. The largest absolute Gasteiger partial charge is 0.335 e. The van der Waals surface area contributed by atoms with E-state index in [1.165, 1.54) is 16.9 Å². The minimum Gasteiger partial charge on any atom is -0.335 e. The molecular weight excluding hydrogens is 352 g/mol. The van der Waals surface area contributed by atoms with Crippen LogP contribution in [0.15, 0.2) is 54.6 Å². The summed E-state index contributed by atoms with van der Waals surface area (Å²) < 4.78 is 1.07. The molecule has 2 aromatic carbocycles. The highest BCUT2D eigenvalue weighted by molar-refractivity contribution is 7.21. The van der Waals surface area contributed by atoms with Crippen molar-refractivity contribution in [3.8, 4) is 0 Å². The molecule has 5 heteroatoms. The molecule has 3 nitrogen and oxygen atoms in total. The van der Waals surface area contributed by atoms with Gasteiger partial charge in [0.15, 0.2) is 0 Å². The lowest BCUT2D eigenvalue weighted by atomic mass is 10.2. The van der Waals surface area contributed by atoms with E-state index in [1.54, 1.807) is 0 Å². The van der Waals surface area contributed by atoms with Crippen LogP contribution in [0.5, 0.6) is 0 Å². The molecule has 1 saturated heterocycles. The first-order valence-corrected chi connectivity index (χ1v) is 9.64. The molecule has 128 valence electrons. The molecular formula is C20H19ClN2OS. The summed E-state index contributed by atoms with van der Waals surface area (Å²) in [5.41, 5.74) is 1.31. The van der Waals surface area contributed by atoms with Gasteiger partial charge in [0.25, 0.3) is 5.91 Å². The van der Waals surface area contributed by atoms with Crippen LogP contribution >= 0.6 is 22.9 Å². The monoisotopic (exact) mass is 370 g/mol. The molecule has 0 saturated carbocycles. The van der Waals surface area contributed by atoms with Crippen molar-refractivity contribution in [2.75, 3.05) is 26.2 Å². The Bertz CT molecular complexity index is 885. The first kappa shape index (κ1) is 16.6. The Balaban J connectivity index is 1.43. The summed E-state index contributed by atoms with van der Waals surface area (Å²) in [7, 11) is 0. The van der Waals surface area contributed by atoms with Crippen LogP contribution in [-0.4, -0.2) is 41.9 Å². The Kier molecular flexibility index (Phi) is 4.75. The van der Waals surface area contributed by atoms with Gasteiger partial charge in [-0.15, -0.1) is 11.3 Å². The normalized spacial score (nSPS) is 15.6. The van der Waals surface area contributed by atoms with Crippen LogP contribution in [0.1, 0.15) is 15.2 Å². The molecule has 1 aromatic heterocycles. The Morgan fingerprint density at radius 2 is 1.64 bits per heavy atom. The molecule has 0 atom stereocenters. The fourth-order valence-corrected chi connectivity index (χ4v) is 4.73. The third kappa shape index (κ3) is 3.43. The lowest BCUT2D eigenvalue weighted by molar-refractivity contribution is 0.0633. The predicted octanol–water partition coefficient (Wildman–Crippen LogP) is 4.51. The number of hydrogen-bond donors (Lipinski definition) is 0. The number of piperazine rings is 1. The third-order valence-corrected chi connectivity index (χ3v) is 6.30. The van der Waals surface area contributed by atoms with Crippen molar-refractivity contribution < 1.29 is 4.79 Å². The van der Waals surface area contributed by atoms with Gasteiger partial charge in [-0.2, -0.15) is 0 Å². The molecule has 1 aliphatic rings. The van der Waals surface area contributed by atoms with E-state index >= 15 is 0 Å². The molecule has 3 aromatic rings. The smallest absolute Gasteiger partial charge is 0.265 e. The lowest BCUT2D eigenvalue weighted by Crippen LogP contribution is -2.48. The van der Waals surface area contributed by atoms with Crippen molar-refractivity contribution in [2.45, 2.75) is 6.54 Å². The van der Waals surface area contributed by atoms with Crippen LogP contribution in [0.2, 0.25) is 5.02 Å². The van der Waals surface area contributed by atoms with Crippen LogP contribution in [0.25, 0.3) is 10.1 Å². The van der Waals surface area contributed by atoms with E-state index in [9.17, 15) is 4.79 Å². The number of carbonyl (C=O) groups is 1. The van der Waals surface area contributed by atoms with Gasteiger partial charge in [-0.3, -0.25) is 9.69 Å². The Labute approximate surface area is 156 Å². The number of carbonyl (C=O) groups excluding carboxylic acids is 1. The van der Waals surface area contributed by atoms with E-state index < -0.39 is 0 Å². The minimum atomic E-state index is 0.0607. The molecule has 25 heavy (non-hydrogen) atoms. The zero-order valence-electron chi connectivity index (χ0n) is 13.8. The second-order valence-electron chi connectivity index (χ2n) is 6.30. The van der Waals surface area contributed by atoms with Gasteiger partial charge in [-0.05, 0) is 11.6 Å². The molecule has 1 aliphatic heterocycles. The number of thiophene rings is 1. The summed E-state index contributed by atoms with van der Waals surface area (Å²) >= 11 is 7.95. The molecule has 0 bridgehead atoms. The number of nitrogens with zero attached hydrogens (tertiary/aromatic N) is 2. The van der Waals surface area contributed by atoms with Crippen LogP contribution < -0.4 is 0 Å². The van der Waals surface area contributed by atoms with Crippen LogP contribution in [0, 0.1) is 0 Å². The van der Waals surface area contributed by atoms with Crippen molar-refractivity contribution in [3.05, 3.63) is 70.1 Å². The molecule has 0 radical (unpaired) electrons. The van der Waals surface area contributed by atoms with Gasteiger partial charge < -0.3 is 4.90 Å². The Morgan fingerprint density at radius 1 is 0.960 bits per heavy atom. The van der Waals surface area contributed by atoms with Gasteiger partial charge in [-0.1, -0.05) is 60.1 Å². The fraction of sp³-hybridized carbons (Fsp3) is 0.250. The van der Waals surface area contributed by atoms with E-state index in [0.29, 0.717) is 9.90 Å². The van der Waals surface area contributed by atoms with Gasteiger partial charge in [-0.25, -0.2) is 0 Å². The fourth-order valence-electron chi connectivity index (χ4n) is 3.25. The summed E-state index contributed by atoms with van der Waals surface area (Å²) in [5, 5.41) is 1.57. The number of hydrogen-bond acceptors (Lipinski definition) is 3. The Hall–Kier alpha value is -1.88. The average Bonchev–Trinajstić information content (AvgIpc) is 3.00. The number of benzene rings is 2. The first-order valence-electron chi connectivity index (χ1n) is 8.45. The van der Waals surface area contributed by atoms with E-state index in [4.69, 9.17) is 11.6 Å². The quantitative estimate of drug-likeness (QED) is 0.677. The standard InChI is InChI=1S/C20H19ClN2OS/c21-18-16-8-4-5-9-17(16)25-19(18)20(24)23-12-10-22(11-13-23)14-15-6-2-1-3-7-15/h1-9H,10-14H2. The SMILES string of the molecule is O=C(c1sc2ccccc2c1Cl)N1CCN(Cc2ccccc2)CC1. The first-order chi connectivity index (χ1) is 12.2. The van der Waals surface area contributed by atoms with Crippen molar-refractivity contribution in [1.82, 2.24) is 9.80 Å². The van der Waals surface area contributed by atoms with Gasteiger partial charge in [0.2, 0.25) is 0 Å². The highest BCUT2D eigenvalue weighted by atomic mass is 35.5. The van der Waals surface area contributed by atoms with Gasteiger partial charge in [0, 0.05) is 42.8 Å². The predicted molar refractivity (Wildman–Crippen MR) is 104 cm³/mol. The summed E-state index contributed by atoms with van der Waals surface area (Å²) in [6.07, 6.45) is 0. The number of halogens is 1. The van der Waals surface area contributed by atoms with E-state index in [2.05, 4.69) is 29.2 Å². The number of rotatable bonds is 3. The van der Waals surface area contributed by atoms with E-state index in [0.717, 1.165) is 42.8 Å². The lowest BCUT2D eigenvalue weighted by Gasteiger charge is -2.34. The molecule has 0 N–H and O–H groups in total. The maximum Gasteiger partial charge on any atom is 0.265 e. The summed E-state index contributed by atoms with van der Waals surface area (Å²) in [4.78, 5) is 17.9. The van der Waals surface area contributed by atoms with Crippen molar-refractivity contribution in [2.24, 2.45) is 0 Å². The van der Waals surface area contributed by atoms with Crippen LogP contribution in [0.4, 0.5) is 0 Å². The van der Waals surface area contributed by atoms with Crippen molar-refractivity contribution >= 4 is 38.9 Å². The van der Waals surface area contributed by atoms with E-state index in [-0.39, 0.29) is 5.91 Å². The summed E-state index contributed by atoms with van der Waals surface area (Å²) in [6, 6.07) is 18.4. The van der Waals surface area contributed by atoms with Gasteiger partial charge >= 0.3 is 0 Å². The number of amides is 1. The molecule has 1 fully saturated rings. The van der Waals surface area contributed by atoms with Crippen molar-refractivity contribution in [1.29, 1.82) is 0 Å². The molecule has 4 rings (SSSR count). The summed E-state index contributed by atoms with van der Waals surface area (Å²) in [5.74, 6) is 0.0607. The second-order valence-corrected chi connectivity index (χ2v) is 7.73. The maximum absolute atomic E-state index is 12.9.